The lowest BCUT2D eigenvalue weighted by Gasteiger charge is -2.21. The molecular formula is C22H21BrN2O. The molecule has 2 aromatic carbocycles. The van der Waals surface area contributed by atoms with Gasteiger partial charge in [-0.3, -0.25) is 4.98 Å². The van der Waals surface area contributed by atoms with E-state index >= 15 is 0 Å². The van der Waals surface area contributed by atoms with Crippen LogP contribution in [0.5, 0.6) is 0 Å². The largest absolute Gasteiger partial charge is 0.411 e. The number of halogens is 1. The maximum atomic E-state index is 9.70. The molecule has 1 heterocycles. The summed E-state index contributed by atoms with van der Waals surface area (Å²) in [5.41, 5.74) is 6.09. The molecule has 132 valence electrons. The van der Waals surface area contributed by atoms with Crippen molar-refractivity contribution in [1.82, 2.24) is 4.98 Å². The second-order valence-electron chi connectivity index (χ2n) is 6.40. The number of aromatic nitrogens is 1. The Morgan fingerprint density at radius 3 is 2.58 bits per heavy atom. The van der Waals surface area contributed by atoms with Crippen LogP contribution in [0.4, 0.5) is 0 Å². The molecule has 3 nitrogen and oxygen atoms in total. The molecule has 0 radical (unpaired) electrons. The van der Waals surface area contributed by atoms with E-state index in [1.807, 2.05) is 37.3 Å². The van der Waals surface area contributed by atoms with Gasteiger partial charge in [-0.2, -0.15) is 0 Å². The predicted octanol–water partition coefficient (Wildman–Crippen LogP) is 5.86. The van der Waals surface area contributed by atoms with Crippen LogP contribution in [0.3, 0.4) is 0 Å². The Morgan fingerprint density at radius 2 is 1.88 bits per heavy atom. The van der Waals surface area contributed by atoms with E-state index in [0.717, 1.165) is 15.7 Å². The first-order chi connectivity index (χ1) is 12.6. The zero-order chi connectivity index (χ0) is 18.5. The minimum absolute atomic E-state index is 0.0908. The van der Waals surface area contributed by atoms with Gasteiger partial charge >= 0.3 is 0 Å². The maximum Gasteiger partial charge on any atom is 0.0878 e. The van der Waals surface area contributed by atoms with Gasteiger partial charge in [-0.05, 0) is 54.8 Å². The molecular weight excluding hydrogens is 388 g/mol. The summed E-state index contributed by atoms with van der Waals surface area (Å²) >= 11 is 3.57. The first kappa shape index (κ1) is 18.3. The third-order valence-corrected chi connectivity index (χ3v) is 5.06. The summed E-state index contributed by atoms with van der Waals surface area (Å²) in [6, 6.07) is 20.5. The van der Waals surface area contributed by atoms with Crippen LogP contribution in [0.15, 0.2) is 76.5 Å². The molecule has 26 heavy (non-hydrogen) atoms. The average molecular weight is 409 g/mol. The topological polar surface area (TPSA) is 45.5 Å². The lowest BCUT2D eigenvalue weighted by atomic mass is 9.83. The Bertz CT molecular complexity index is 937. The smallest absolute Gasteiger partial charge is 0.0878 e. The van der Waals surface area contributed by atoms with Gasteiger partial charge in [0.2, 0.25) is 0 Å². The number of rotatable bonds is 5. The maximum absolute atomic E-state index is 9.70. The minimum atomic E-state index is 0.0908. The van der Waals surface area contributed by atoms with E-state index < -0.39 is 0 Å². The van der Waals surface area contributed by atoms with E-state index in [-0.39, 0.29) is 5.92 Å². The second kappa shape index (κ2) is 8.28. The highest BCUT2D eigenvalue weighted by atomic mass is 79.9. The molecule has 1 N–H and O–H groups in total. The fourth-order valence-electron chi connectivity index (χ4n) is 3.24. The molecule has 0 fully saturated rings. The van der Waals surface area contributed by atoms with Crippen molar-refractivity contribution in [2.24, 2.45) is 5.16 Å². The SMILES string of the molecule is Cc1cc(/C(CC(c2cccc(Br)c2)c2ccccc2C)=N/O)ccn1. The van der Waals surface area contributed by atoms with Crippen molar-refractivity contribution < 1.29 is 5.21 Å². The van der Waals surface area contributed by atoms with Crippen molar-refractivity contribution in [3.63, 3.8) is 0 Å². The Hall–Kier alpha value is -2.46. The highest BCUT2D eigenvalue weighted by Gasteiger charge is 2.20. The molecule has 3 aromatic rings. The lowest BCUT2D eigenvalue weighted by Crippen LogP contribution is -2.12. The molecule has 0 spiro atoms. The van der Waals surface area contributed by atoms with Gasteiger partial charge in [0, 0.05) is 34.3 Å². The predicted molar refractivity (Wildman–Crippen MR) is 109 cm³/mol. The zero-order valence-electron chi connectivity index (χ0n) is 14.9. The monoisotopic (exact) mass is 408 g/mol. The van der Waals surface area contributed by atoms with Crippen LogP contribution in [0.1, 0.15) is 40.3 Å². The summed E-state index contributed by atoms with van der Waals surface area (Å²) in [7, 11) is 0. The molecule has 0 aliphatic carbocycles. The zero-order valence-corrected chi connectivity index (χ0v) is 16.4. The summed E-state index contributed by atoms with van der Waals surface area (Å²) in [5.74, 6) is 0.0908. The van der Waals surface area contributed by atoms with Gasteiger partial charge in [-0.15, -0.1) is 0 Å². The number of oxime groups is 1. The summed E-state index contributed by atoms with van der Waals surface area (Å²) in [6.45, 7) is 4.05. The third kappa shape index (κ3) is 4.20. The van der Waals surface area contributed by atoms with Crippen LogP contribution in [0.2, 0.25) is 0 Å². The van der Waals surface area contributed by atoms with Gasteiger partial charge in [-0.1, -0.05) is 57.5 Å². The van der Waals surface area contributed by atoms with Crippen molar-refractivity contribution in [3.8, 4) is 0 Å². The lowest BCUT2D eigenvalue weighted by molar-refractivity contribution is 0.317. The molecule has 0 saturated heterocycles. The third-order valence-electron chi connectivity index (χ3n) is 4.56. The van der Waals surface area contributed by atoms with Crippen LogP contribution in [-0.2, 0) is 0 Å². The van der Waals surface area contributed by atoms with Crippen LogP contribution >= 0.6 is 15.9 Å². The summed E-state index contributed by atoms with van der Waals surface area (Å²) < 4.78 is 1.04. The number of pyridine rings is 1. The van der Waals surface area contributed by atoms with Gasteiger partial charge in [-0.25, -0.2) is 0 Å². The van der Waals surface area contributed by atoms with E-state index in [9.17, 15) is 5.21 Å². The Kier molecular flexibility index (Phi) is 5.84. The number of hydrogen-bond acceptors (Lipinski definition) is 3. The van der Waals surface area contributed by atoms with Crippen LogP contribution in [0.25, 0.3) is 0 Å². The fraction of sp³-hybridized carbons (Fsp3) is 0.182. The van der Waals surface area contributed by atoms with E-state index in [0.29, 0.717) is 12.1 Å². The van der Waals surface area contributed by atoms with Gasteiger partial charge in [0.25, 0.3) is 0 Å². The van der Waals surface area contributed by atoms with E-state index in [4.69, 9.17) is 0 Å². The number of hydrogen-bond donors (Lipinski definition) is 1. The van der Waals surface area contributed by atoms with E-state index in [2.05, 4.69) is 63.3 Å². The van der Waals surface area contributed by atoms with E-state index in [1.54, 1.807) is 6.20 Å². The second-order valence-corrected chi connectivity index (χ2v) is 7.32. The first-order valence-corrected chi connectivity index (χ1v) is 9.32. The molecule has 0 aliphatic rings. The fourth-order valence-corrected chi connectivity index (χ4v) is 3.66. The molecule has 0 amide bonds. The molecule has 0 aliphatic heterocycles. The quantitative estimate of drug-likeness (QED) is 0.326. The number of aryl methyl sites for hydroxylation is 2. The van der Waals surface area contributed by atoms with E-state index in [1.165, 1.54) is 16.7 Å². The van der Waals surface area contributed by atoms with Crippen molar-refractivity contribution in [2.75, 3.05) is 0 Å². The Morgan fingerprint density at radius 1 is 1.08 bits per heavy atom. The molecule has 0 saturated carbocycles. The highest BCUT2D eigenvalue weighted by molar-refractivity contribution is 9.10. The standard InChI is InChI=1S/C22H21BrN2O/c1-15-6-3-4-9-20(15)21(17-7-5-8-19(23)13-17)14-22(25-26)18-10-11-24-16(2)12-18/h3-13,21,26H,14H2,1-2H3/b25-22+. The molecule has 3 rings (SSSR count). The van der Waals surface area contributed by atoms with Crippen molar-refractivity contribution in [3.05, 3.63) is 99.3 Å². The minimum Gasteiger partial charge on any atom is -0.411 e. The summed E-state index contributed by atoms with van der Waals surface area (Å²) in [5, 5.41) is 13.3. The average Bonchev–Trinajstić information content (AvgIpc) is 2.64. The van der Waals surface area contributed by atoms with Crippen molar-refractivity contribution in [2.45, 2.75) is 26.2 Å². The molecule has 0 bridgehead atoms. The van der Waals surface area contributed by atoms with Gasteiger partial charge < -0.3 is 5.21 Å². The Labute approximate surface area is 162 Å². The Balaban J connectivity index is 2.05. The summed E-state index contributed by atoms with van der Waals surface area (Å²) in [6.07, 6.45) is 2.35. The summed E-state index contributed by atoms with van der Waals surface area (Å²) in [4.78, 5) is 4.23. The van der Waals surface area contributed by atoms with Crippen LogP contribution in [-0.4, -0.2) is 15.9 Å². The molecule has 1 aromatic heterocycles. The highest BCUT2D eigenvalue weighted by Crippen LogP contribution is 2.33. The van der Waals surface area contributed by atoms with Crippen LogP contribution < -0.4 is 0 Å². The van der Waals surface area contributed by atoms with Gasteiger partial charge in [0.15, 0.2) is 0 Å². The van der Waals surface area contributed by atoms with Crippen LogP contribution in [0, 0.1) is 13.8 Å². The number of benzene rings is 2. The molecule has 4 heteroatoms. The van der Waals surface area contributed by atoms with Gasteiger partial charge in [0.05, 0.1) is 5.71 Å². The van der Waals surface area contributed by atoms with Crippen molar-refractivity contribution >= 4 is 21.6 Å². The normalized spacial score (nSPS) is 12.8. The van der Waals surface area contributed by atoms with Gasteiger partial charge in [0.1, 0.15) is 0 Å². The molecule has 1 atom stereocenters. The van der Waals surface area contributed by atoms with Crippen molar-refractivity contribution in [1.29, 1.82) is 0 Å². The number of nitrogens with zero attached hydrogens (tertiary/aromatic N) is 2. The first-order valence-electron chi connectivity index (χ1n) is 8.53. The molecule has 1 unspecified atom stereocenters.